The van der Waals surface area contributed by atoms with Gasteiger partial charge in [0.1, 0.15) is 0 Å². The summed E-state index contributed by atoms with van der Waals surface area (Å²) in [5.41, 5.74) is 0. The minimum atomic E-state index is 0.496. The second kappa shape index (κ2) is 3.47. The van der Waals surface area contributed by atoms with Crippen molar-refractivity contribution in [3.63, 3.8) is 0 Å². The summed E-state index contributed by atoms with van der Waals surface area (Å²) in [6, 6.07) is 0. The highest BCUT2D eigenvalue weighted by Gasteiger charge is 2.17. The van der Waals surface area contributed by atoms with Crippen LogP contribution in [0.4, 0.5) is 0 Å². The lowest BCUT2D eigenvalue weighted by Crippen LogP contribution is -2.24. The normalized spacial score (nSPS) is 36.7. The van der Waals surface area contributed by atoms with Gasteiger partial charge >= 0.3 is 0 Å². The maximum atomic E-state index is 5.40. The van der Waals surface area contributed by atoms with Crippen LogP contribution in [0, 0.1) is 0 Å². The Morgan fingerprint density at radius 3 is 2.78 bits per heavy atom. The van der Waals surface area contributed by atoms with Crippen molar-refractivity contribution in [3.05, 3.63) is 0 Å². The molecule has 0 radical (unpaired) electrons. The summed E-state index contributed by atoms with van der Waals surface area (Å²) in [7, 11) is 0. The predicted octanol–water partition coefficient (Wildman–Crippen LogP) is 1.92. The van der Waals surface area contributed by atoms with E-state index in [0.717, 1.165) is 11.9 Å². The highest BCUT2D eigenvalue weighted by molar-refractivity contribution is 7.99. The van der Waals surface area contributed by atoms with E-state index in [1.54, 1.807) is 0 Å². The van der Waals surface area contributed by atoms with Crippen LogP contribution in [0.15, 0.2) is 0 Å². The highest BCUT2D eigenvalue weighted by atomic mass is 32.2. The molecular formula is C7H14OS. The summed E-state index contributed by atoms with van der Waals surface area (Å²) in [6.45, 7) is 3.12. The van der Waals surface area contributed by atoms with E-state index in [1.165, 1.54) is 12.8 Å². The molecule has 0 spiro atoms. The second-order valence-electron chi connectivity index (χ2n) is 2.56. The van der Waals surface area contributed by atoms with E-state index in [4.69, 9.17) is 4.74 Å². The Hall–Kier alpha value is 0.310. The summed E-state index contributed by atoms with van der Waals surface area (Å²) >= 11 is 1.97. The summed E-state index contributed by atoms with van der Waals surface area (Å²) < 4.78 is 5.40. The van der Waals surface area contributed by atoms with Gasteiger partial charge in [0.2, 0.25) is 0 Å². The Kier molecular flexibility index (Phi) is 2.86. The molecule has 1 fully saturated rings. The van der Waals surface area contributed by atoms with Crippen LogP contribution >= 0.6 is 11.8 Å². The molecule has 54 valence electrons. The number of thioether (sulfide) groups is 1. The first-order valence-electron chi connectivity index (χ1n) is 3.47. The van der Waals surface area contributed by atoms with E-state index in [0.29, 0.717) is 6.10 Å². The van der Waals surface area contributed by atoms with Crippen LogP contribution in [0.5, 0.6) is 0 Å². The first kappa shape index (κ1) is 7.42. The Morgan fingerprint density at radius 2 is 2.33 bits per heavy atom. The van der Waals surface area contributed by atoms with Gasteiger partial charge in [0.05, 0.1) is 6.10 Å². The van der Waals surface area contributed by atoms with Crippen molar-refractivity contribution in [3.8, 4) is 0 Å². The molecule has 0 N–H and O–H groups in total. The molecule has 0 bridgehead atoms. The number of hydrogen-bond donors (Lipinski definition) is 0. The molecule has 0 aromatic carbocycles. The lowest BCUT2D eigenvalue weighted by molar-refractivity contribution is 0.0315. The molecule has 1 rings (SSSR count). The summed E-state index contributed by atoms with van der Waals surface area (Å²) in [5, 5.41) is 0.855. The van der Waals surface area contributed by atoms with Crippen LogP contribution in [0.2, 0.25) is 0 Å². The zero-order valence-electron chi connectivity index (χ0n) is 6.09. The van der Waals surface area contributed by atoms with Gasteiger partial charge in [-0.2, -0.15) is 11.8 Å². The number of ether oxygens (including phenoxy) is 1. The molecule has 0 amide bonds. The minimum Gasteiger partial charge on any atom is -0.378 e. The third kappa shape index (κ3) is 2.18. The molecule has 2 unspecified atom stereocenters. The zero-order chi connectivity index (χ0) is 6.69. The SMILES string of the molecule is CSC1CCOC(C)C1. The molecule has 0 saturated carbocycles. The molecule has 0 aromatic rings. The molecule has 1 aliphatic heterocycles. The van der Waals surface area contributed by atoms with Crippen molar-refractivity contribution in [1.29, 1.82) is 0 Å². The van der Waals surface area contributed by atoms with Crippen molar-refractivity contribution in [1.82, 2.24) is 0 Å². The Labute approximate surface area is 61.2 Å². The van der Waals surface area contributed by atoms with Crippen LogP contribution in [0.3, 0.4) is 0 Å². The van der Waals surface area contributed by atoms with Crippen LogP contribution in [0.1, 0.15) is 19.8 Å². The molecule has 2 heteroatoms. The van der Waals surface area contributed by atoms with E-state index < -0.39 is 0 Å². The van der Waals surface area contributed by atoms with Crippen molar-refractivity contribution < 1.29 is 4.74 Å². The van der Waals surface area contributed by atoms with E-state index in [-0.39, 0.29) is 0 Å². The third-order valence-electron chi connectivity index (χ3n) is 1.77. The van der Waals surface area contributed by atoms with E-state index in [2.05, 4.69) is 13.2 Å². The van der Waals surface area contributed by atoms with Crippen LogP contribution in [-0.2, 0) is 4.74 Å². The summed E-state index contributed by atoms with van der Waals surface area (Å²) in [4.78, 5) is 0. The second-order valence-corrected chi connectivity index (χ2v) is 3.70. The quantitative estimate of drug-likeness (QED) is 0.559. The third-order valence-corrected chi connectivity index (χ3v) is 2.87. The van der Waals surface area contributed by atoms with Gasteiger partial charge in [-0.25, -0.2) is 0 Å². The van der Waals surface area contributed by atoms with Crippen LogP contribution in [0.25, 0.3) is 0 Å². The van der Waals surface area contributed by atoms with Gasteiger partial charge < -0.3 is 4.74 Å². The molecule has 0 aromatic heterocycles. The molecule has 1 saturated heterocycles. The van der Waals surface area contributed by atoms with Gasteiger partial charge in [0.25, 0.3) is 0 Å². The minimum absolute atomic E-state index is 0.496. The van der Waals surface area contributed by atoms with Gasteiger partial charge in [-0.3, -0.25) is 0 Å². The Morgan fingerprint density at radius 1 is 1.56 bits per heavy atom. The Bertz CT molecular complexity index is 85.0. The fourth-order valence-corrected chi connectivity index (χ4v) is 1.97. The van der Waals surface area contributed by atoms with E-state index in [1.807, 2.05) is 11.8 Å². The van der Waals surface area contributed by atoms with Crippen molar-refractivity contribution in [2.45, 2.75) is 31.1 Å². The van der Waals surface area contributed by atoms with Crippen LogP contribution < -0.4 is 0 Å². The summed E-state index contributed by atoms with van der Waals surface area (Å²) in [6.07, 6.45) is 5.16. The van der Waals surface area contributed by atoms with Crippen molar-refractivity contribution >= 4 is 11.8 Å². The highest BCUT2D eigenvalue weighted by Crippen LogP contribution is 2.22. The summed E-state index contributed by atoms with van der Waals surface area (Å²) in [5.74, 6) is 0. The van der Waals surface area contributed by atoms with E-state index in [9.17, 15) is 0 Å². The molecule has 1 nitrogen and oxygen atoms in total. The zero-order valence-corrected chi connectivity index (χ0v) is 6.91. The molecule has 1 aliphatic rings. The molecule has 9 heavy (non-hydrogen) atoms. The number of rotatable bonds is 1. The standard InChI is InChI=1S/C7H14OS/c1-6-5-7(9-2)3-4-8-6/h6-7H,3-5H2,1-2H3. The van der Waals surface area contributed by atoms with Crippen LogP contribution in [-0.4, -0.2) is 24.2 Å². The van der Waals surface area contributed by atoms with Crippen molar-refractivity contribution in [2.75, 3.05) is 12.9 Å². The molecular weight excluding hydrogens is 132 g/mol. The first-order valence-corrected chi connectivity index (χ1v) is 4.76. The smallest absolute Gasteiger partial charge is 0.0557 e. The van der Waals surface area contributed by atoms with Gasteiger partial charge in [0, 0.05) is 11.9 Å². The Balaban J connectivity index is 2.23. The van der Waals surface area contributed by atoms with Gasteiger partial charge in [0.15, 0.2) is 0 Å². The topological polar surface area (TPSA) is 9.23 Å². The lowest BCUT2D eigenvalue weighted by Gasteiger charge is -2.25. The predicted molar refractivity (Wildman–Crippen MR) is 42.0 cm³/mol. The monoisotopic (exact) mass is 146 g/mol. The first-order chi connectivity index (χ1) is 4.33. The van der Waals surface area contributed by atoms with E-state index >= 15 is 0 Å². The fraction of sp³-hybridized carbons (Fsp3) is 1.00. The maximum absolute atomic E-state index is 5.40. The molecule has 2 atom stereocenters. The van der Waals surface area contributed by atoms with Gasteiger partial charge in [-0.15, -0.1) is 0 Å². The lowest BCUT2D eigenvalue weighted by atomic mass is 10.1. The van der Waals surface area contributed by atoms with Gasteiger partial charge in [-0.1, -0.05) is 0 Å². The average molecular weight is 146 g/mol. The van der Waals surface area contributed by atoms with Gasteiger partial charge in [-0.05, 0) is 26.0 Å². The number of hydrogen-bond acceptors (Lipinski definition) is 2. The maximum Gasteiger partial charge on any atom is 0.0557 e. The largest absolute Gasteiger partial charge is 0.378 e. The van der Waals surface area contributed by atoms with Crippen molar-refractivity contribution in [2.24, 2.45) is 0 Å². The average Bonchev–Trinajstić information content (AvgIpc) is 1.88. The molecule has 0 aliphatic carbocycles. The fourth-order valence-electron chi connectivity index (χ4n) is 1.17. The molecule has 1 heterocycles.